The topological polar surface area (TPSA) is 84.9 Å². The number of benzene rings is 2. The van der Waals surface area contributed by atoms with Crippen LogP contribution in [0.2, 0.25) is 0 Å². The summed E-state index contributed by atoms with van der Waals surface area (Å²) in [6.45, 7) is 2.30. The highest BCUT2D eigenvalue weighted by molar-refractivity contribution is 5.89. The molecule has 0 aliphatic carbocycles. The molecule has 0 unspecified atom stereocenters. The minimum atomic E-state index is -0.816. The fourth-order valence-electron chi connectivity index (χ4n) is 3.28. The third kappa shape index (κ3) is 5.83. The van der Waals surface area contributed by atoms with Crippen LogP contribution in [-0.2, 0) is 32.3 Å². The Bertz CT molecular complexity index is 856. The number of esters is 1. The van der Waals surface area contributed by atoms with E-state index in [2.05, 4.69) is 5.32 Å². The third-order valence-electron chi connectivity index (χ3n) is 4.93. The van der Waals surface area contributed by atoms with Crippen molar-refractivity contribution < 1.29 is 23.9 Å². The first-order valence-corrected chi connectivity index (χ1v) is 10.0. The van der Waals surface area contributed by atoms with Crippen molar-refractivity contribution in [3.63, 3.8) is 0 Å². The van der Waals surface area contributed by atoms with Gasteiger partial charge in [0.05, 0.1) is 0 Å². The summed E-state index contributed by atoms with van der Waals surface area (Å²) in [5, 5.41) is 2.65. The molecule has 1 aliphatic rings. The normalized spacial score (nSPS) is 16.6. The number of amides is 2. The fraction of sp³-hybridized carbons (Fsp3) is 0.348. The molecule has 1 saturated heterocycles. The zero-order chi connectivity index (χ0) is 21.3. The van der Waals surface area contributed by atoms with Crippen LogP contribution in [0.1, 0.15) is 30.9 Å². The van der Waals surface area contributed by atoms with Crippen LogP contribution in [0.15, 0.2) is 60.7 Å². The molecule has 2 amide bonds. The van der Waals surface area contributed by atoms with Gasteiger partial charge in [0.1, 0.15) is 25.3 Å². The van der Waals surface area contributed by atoms with Crippen LogP contribution in [0.25, 0.3) is 0 Å². The Morgan fingerprint density at radius 2 is 1.53 bits per heavy atom. The van der Waals surface area contributed by atoms with E-state index in [1.54, 1.807) is 6.92 Å². The molecule has 7 heteroatoms. The van der Waals surface area contributed by atoms with E-state index in [0.29, 0.717) is 19.4 Å². The number of rotatable bonds is 7. The average molecular weight is 410 g/mol. The van der Waals surface area contributed by atoms with E-state index in [9.17, 15) is 14.4 Å². The number of hydrogen-bond donors (Lipinski definition) is 1. The van der Waals surface area contributed by atoms with Gasteiger partial charge in [-0.15, -0.1) is 0 Å². The first-order chi connectivity index (χ1) is 14.5. The minimum absolute atomic E-state index is 0.140. The van der Waals surface area contributed by atoms with E-state index in [1.807, 2.05) is 60.7 Å². The molecule has 1 N–H and O–H groups in total. The highest BCUT2D eigenvalue weighted by atomic mass is 16.6. The molecule has 2 aromatic rings. The lowest BCUT2D eigenvalue weighted by molar-refractivity contribution is -0.149. The zero-order valence-corrected chi connectivity index (χ0v) is 17.0. The van der Waals surface area contributed by atoms with Crippen molar-refractivity contribution >= 4 is 18.0 Å². The number of likely N-dealkylation sites (tertiary alicyclic amines) is 1. The number of carbonyl (C=O) groups is 3. The molecule has 0 spiro atoms. The predicted molar refractivity (Wildman–Crippen MR) is 110 cm³/mol. The maximum Gasteiger partial charge on any atom is 0.410 e. The summed E-state index contributed by atoms with van der Waals surface area (Å²) in [7, 11) is 0. The zero-order valence-electron chi connectivity index (χ0n) is 17.0. The highest BCUT2D eigenvalue weighted by Gasteiger charge is 2.36. The Balaban J connectivity index is 1.48. The molecule has 1 heterocycles. The van der Waals surface area contributed by atoms with Gasteiger partial charge in [0, 0.05) is 6.54 Å². The van der Waals surface area contributed by atoms with E-state index in [4.69, 9.17) is 9.47 Å². The van der Waals surface area contributed by atoms with Crippen molar-refractivity contribution in [3.8, 4) is 0 Å². The SMILES string of the molecule is C[C@@H](NC(=O)[C@@H]1CCCN1C(=O)OCc1ccccc1)C(=O)OCc1ccccc1. The summed E-state index contributed by atoms with van der Waals surface area (Å²) < 4.78 is 10.6. The lowest BCUT2D eigenvalue weighted by Gasteiger charge is -2.24. The summed E-state index contributed by atoms with van der Waals surface area (Å²) in [5.74, 6) is -0.906. The number of hydrogen-bond acceptors (Lipinski definition) is 5. The molecule has 158 valence electrons. The molecule has 2 atom stereocenters. The van der Waals surface area contributed by atoms with Gasteiger partial charge in [-0.2, -0.15) is 0 Å². The molecule has 0 radical (unpaired) electrons. The predicted octanol–water partition coefficient (Wildman–Crippen LogP) is 3.04. The van der Waals surface area contributed by atoms with E-state index < -0.39 is 24.1 Å². The largest absolute Gasteiger partial charge is 0.459 e. The van der Waals surface area contributed by atoms with Gasteiger partial charge in [0.15, 0.2) is 0 Å². The van der Waals surface area contributed by atoms with Crippen molar-refractivity contribution in [2.45, 2.75) is 45.1 Å². The number of nitrogens with one attached hydrogen (secondary N) is 1. The summed E-state index contributed by atoms with van der Waals surface area (Å²) in [5.41, 5.74) is 1.74. The van der Waals surface area contributed by atoms with Crippen LogP contribution in [0.5, 0.6) is 0 Å². The summed E-state index contributed by atoms with van der Waals surface area (Å²) in [6.07, 6.45) is 0.694. The van der Waals surface area contributed by atoms with Crippen molar-refractivity contribution in [1.29, 1.82) is 0 Å². The molecule has 0 aromatic heterocycles. The quantitative estimate of drug-likeness (QED) is 0.709. The van der Waals surface area contributed by atoms with Crippen molar-refractivity contribution in [3.05, 3.63) is 71.8 Å². The minimum Gasteiger partial charge on any atom is -0.459 e. The lowest BCUT2D eigenvalue weighted by Crippen LogP contribution is -2.50. The smallest absolute Gasteiger partial charge is 0.410 e. The van der Waals surface area contributed by atoms with Crippen LogP contribution in [0.3, 0.4) is 0 Å². The maximum atomic E-state index is 12.7. The maximum absolute atomic E-state index is 12.7. The molecule has 0 saturated carbocycles. The standard InChI is InChI=1S/C23H26N2O5/c1-17(22(27)29-15-18-9-4-2-5-10-18)24-21(26)20-13-8-14-25(20)23(28)30-16-19-11-6-3-7-12-19/h2-7,9-12,17,20H,8,13-16H2,1H3,(H,24,26)/t17-,20+/m1/s1. The van der Waals surface area contributed by atoms with Gasteiger partial charge in [-0.1, -0.05) is 60.7 Å². The van der Waals surface area contributed by atoms with Gasteiger partial charge in [-0.25, -0.2) is 9.59 Å². The first kappa shape index (κ1) is 21.4. The Hall–Kier alpha value is -3.35. The summed E-state index contributed by atoms with van der Waals surface area (Å²) >= 11 is 0. The molecule has 1 fully saturated rings. The van der Waals surface area contributed by atoms with E-state index >= 15 is 0 Å². The number of carbonyl (C=O) groups excluding carboxylic acids is 3. The van der Waals surface area contributed by atoms with Crippen LogP contribution >= 0.6 is 0 Å². The molecule has 2 aromatic carbocycles. The Kier molecular flexibility index (Phi) is 7.43. The number of ether oxygens (including phenoxy) is 2. The molecule has 0 bridgehead atoms. The molecular weight excluding hydrogens is 384 g/mol. The van der Waals surface area contributed by atoms with Gasteiger partial charge in [0.25, 0.3) is 0 Å². The van der Waals surface area contributed by atoms with Gasteiger partial charge < -0.3 is 14.8 Å². The molecular formula is C23H26N2O5. The van der Waals surface area contributed by atoms with Crippen LogP contribution in [0.4, 0.5) is 4.79 Å². The van der Waals surface area contributed by atoms with Crippen LogP contribution in [-0.4, -0.2) is 41.5 Å². The summed E-state index contributed by atoms with van der Waals surface area (Å²) in [6, 6.07) is 17.2. The van der Waals surface area contributed by atoms with Crippen LogP contribution in [0, 0.1) is 0 Å². The third-order valence-corrected chi connectivity index (χ3v) is 4.93. The lowest BCUT2D eigenvalue weighted by atomic mass is 10.2. The second-order valence-electron chi connectivity index (χ2n) is 7.22. The number of nitrogens with zero attached hydrogens (tertiary/aromatic N) is 1. The van der Waals surface area contributed by atoms with Gasteiger partial charge in [0.2, 0.25) is 5.91 Å². The summed E-state index contributed by atoms with van der Waals surface area (Å²) in [4.78, 5) is 38.7. The van der Waals surface area contributed by atoms with E-state index in [-0.39, 0.29) is 19.1 Å². The monoisotopic (exact) mass is 410 g/mol. The van der Waals surface area contributed by atoms with E-state index in [0.717, 1.165) is 11.1 Å². The second-order valence-corrected chi connectivity index (χ2v) is 7.22. The average Bonchev–Trinajstić information content (AvgIpc) is 3.27. The molecule has 3 rings (SSSR count). The fourth-order valence-corrected chi connectivity index (χ4v) is 3.28. The molecule has 30 heavy (non-hydrogen) atoms. The van der Waals surface area contributed by atoms with E-state index in [1.165, 1.54) is 4.90 Å². The second kappa shape index (κ2) is 10.4. The van der Waals surface area contributed by atoms with Crippen molar-refractivity contribution in [2.24, 2.45) is 0 Å². The van der Waals surface area contributed by atoms with Gasteiger partial charge in [-0.05, 0) is 30.9 Å². The van der Waals surface area contributed by atoms with Crippen LogP contribution < -0.4 is 5.32 Å². The molecule has 1 aliphatic heterocycles. The van der Waals surface area contributed by atoms with Gasteiger partial charge in [-0.3, -0.25) is 9.69 Å². The highest BCUT2D eigenvalue weighted by Crippen LogP contribution is 2.19. The van der Waals surface area contributed by atoms with Gasteiger partial charge >= 0.3 is 12.1 Å². The molecule has 7 nitrogen and oxygen atoms in total. The van der Waals surface area contributed by atoms with Crippen molar-refractivity contribution in [1.82, 2.24) is 10.2 Å². The van der Waals surface area contributed by atoms with Crippen molar-refractivity contribution in [2.75, 3.05) is 6.54 Å². The Morgan fingerprint density at radius 3 is 2.13 bits per heavy atom. The first-order valence-electron chi connectivity index (χ1n) is 10.0. The Morgan fingerprint density at radius 1 is 0.967 bits per heavy atom. The Labute approximate surface area is 176 Å².